The van der Waals surface area contributed by atoms with Crippen LogP contribution >= 0.6 is 11.3 Å². The molecule has 0 atom stereocenters. The van der Waals surface area contributed by atoms with Crippen LogP contribution in [-0.4, -0.2) is 19.0 Å². The Morgan fingerprint density at radius 2 is 2.15 bits per heavy atom. The number of nitrogens with one attached hydrogen (secondary N) is 2. The van der Waals surface area contributed by atoms with Crippen LogP contribution in [0.15, 0.2) is 35.7 Å². The van der Waals surface area contributed by atoms with Crippen molar-refractivity contribution in [1.29, 1.82) is 0 Å². The number of hydrogen-bond donors (Lipinski definition) is 2. The van der Waals surface area contributed by atoms with Crippen LogP contribution in [0.25, 0.3) is 0 Å². The molecule has 0 saturated carbocycles. The third-order valence-corrected chi connectivity index (χ3v) is 4.03. The zero-order chi connectivity index (χ0) is 14.4. The fraction of sp³-hybridized carbons (Fsp3) is 0.312. The lowest BCUT2D eigenvalue weighted by molar-refractivity contribution is 0.0954. The average Bonchev–Trinajstić information content (AvgIpc) is 2.94. The molecule has 2 aromatic rings. The Morgan fingerprint density at radius 3 is 2.80 bits per heavy atom. The van der Waals surface area contributed by atoms with Gasteiger partial charge < -0.3 is 10.6 Å². The second-order valence-corrected chi connectivity index (χ2v) is 5.68. The molecule has 0 radical (unpaired) electrons. The van der Waals surface area contributed by atoms with Crippen molar-refractivity contribution in [3.63, 3.8) is 0 Å². The molecular weight excluding hydrogens is 268 g/mol. The summed E-state index contributed by atoms with van der Waals surface area (Å²) in [6.07, 6.45) is 0.887. The third kappa shape index (κ3) is 3.84. The van der Waals surface area contributed by atoms with Crippen molar-refractivity contribution in [1.82, 2.24) is 5.32 Å². The van der Waals surface area contributed by atoms with E-state index in [1.165, 1.54) is 4.88 Å². The SMILES string of the molecule is CCNc1ccc(C(=O)NCCc2cccs2)cc1C. The van der Waals surface area contributed by atoms with E-state index < -0.39 is 0 Å². The summed E-state index contributed by atoms with van der Waals surface area (Å²) in [6, 6.07) is 9.88. The summed E-state index contributed by atoms with van der Waals surface area (Å²) in [5.74, 6) is -0.00676. The van der Waals surface area contributed by atoms with E-state index in [1.807, 2.05) is 31.2 Å². The number of thiophene rings is 1. The normalized spacial score (nSPS) is 10.3. The molecule has 1 aromatic carbocycles. The number of benzene rings is 1. The summed E-state index contributed by atoms with van der Waals surface area (Å²) in [4.78, 5) is 13.4. The third-order valence-electron chi connectivity index (χ3n) is 3.09. The minimum absolute atomic E-state index is 0.00676. The molecule has 0 spiro atoms. The molecule has 4 heteroatoms. The highest BCUT2D eigenvalue weighted by atomic mass is 32.1. The fourth-order valence-electron chi connectivity index (χ4n) is 2.05. The summed E-state index contributed by atoms with van der Waals surface area (Å²) < 4.78 is 0. The van der Waals surface area contributed by atoms with Gasteiger partial charge in [0.2, 0.25) is 0 Å². The van der Waals surface area contributed by atoms with E-state index in [9.17, 15) is 4.79 Å². The van der Waals surface area contributed by atoms with Gasteiger partial charge in [-0.2, -0.15) is 0 Å². The summed E-state index contributed by atoms with van der Waals surface area (Å²) in [5, 5.41) is 8.29. The molecule has 0 saturated heterocycles. The van der Waals surface area contributed by atoms with Gasteiger partial charge in [-0.05, 0) is 55.5 Å². The number of amides is 1. The lowest BCUT2D eigenvalue weighted by atomic mass is 10.1. The van der Waals surface area contributed by atoms with E-state index >= 15 is 0 Å². The Kier molecular flexibility index (Phi) is 5.18. The van der Waals surface area contributed by atoms with Gasteiger partial charge in [0.05, 0.1) is 0 Å². The van der Waals surface area contributed by atoms with Crippen LogP contribution in [0.4, 0.5) is 5.69 Å². The van der Waals surface area contributed by atoms with Gasteiger partial charge in [-0.15, -0.1) is 11.3 Å². The minimum Gasteiger partial charge on any atom is -0.385 e. The van der Waals surface area contributed by atoms with Crippen molar-refractivity contribution in [2.45, 2.75) is 20.3 Å². The number of anilines is 1. The van der Waals surface area contributed by atoms with Crippen molar-refractivity contribution in [3.8, 4) is 0 Å². The molecule has 1 aromatic heterocycles. The number of aryl methyl sites for hydroxylation is 1. The molecule has 2 N–H and O–H groups in total. The second kappa shape index (κ2) is 7.10. The van der Waals surface area contributed by atoms with Gasteiger partial charge in [0.15, 0.2) is 0 Å². The smallest absolute Gasteiger partial charge is 0.251 e. The Labute approximate surface area is 124 Å². The van der Waals surface area contributed by atoms with E-state index in [4.69, 9.17) is 0 Å². The number of hydrogen-bond acceptors (Lipinski definition) is 3. The quantitative estimate of drug-likeness (QED) is 0.854. The zero-order valence-corrected chi connectivity index (χ0v) is 12.7. The van der Waals surface area contributed by atoms with Crippen LogP contribution in [0.5, 0.6) is 0 Å². The van der Waals surface area contributed by atoms with Gasteiger partial charge in [0, 0.05) is 29.2 Å². The van der Waals surface area contributed by atoms with Crippen LogP contribution in [0.3, 0.4) is 0 Å². The first-order valence-electron chi connectivity index (χ1n) is 6.86. The minimum atomic E-state index is -0.00676. The Morgan fingerprint density at radius 1 is 1.30 bits per heavy atom. The molecule has 0 unspecified atom stereocenters. The molecule has 1 heterocycles. The van der Waals surface area contributed by atoms with Crippen LogP contribution in [0.1, 0.15) is 27.7 Å². The zero-order valence-electron chi connectivity index (χ0n) is 11.9. The fourth-order valence-corrected chi connectivity index (χ4v) is 2.76. The van der Waals surface area contributed by atoms with Gasteiger partial charge >= 0.3 is 0 Å². The maximum atomic E-state index is 12.1. The predicted molar refractivity (Wildman–Crippen MR) is 85.7 cm³/mol. The highest BCUT2D eigenvalue weighted by Crippen LogP contribution is 2.16. The monoisotopic (exact) mass is 288 g/mol. The number of carbonyl (C=O) groups is 1. The van der Waals surface area contributed by atoms with Crippen molar-refractivity contribution < 1.29 is 4.79 Å². The molecule has 106 valence electrons. The molecule has 3 nitrogen and oxygen atoms in total. The van der Waals surface area contributed by atoms with Crippen molar-refractivity contribution in [2.24, 2.45) is 0 Å². The van der Waals surface area contributed by atoms with Crippen LogP contribution in [0, 0.1) is 6.92 Å². The first-order chi connectivity index (χ1) is 9.70. The Bertz CT molecular complexity index is 564. The molecule has 0 aliphatic carbocycles. The molecular formula is C16H20N2OS. The van der Waals surface area contributed by atoms with E-state index in [0.717, 1.165) is 29.8 Å². The standard InChI is InChI=1S/C16H20N2OS/c1-3-17-15-7-6-13(11-12(15)2)16(19)18-9-8-14-5-4-10-20-14/h4-7,10-11,17H,3,8-9H2,1-2H3,(H,18,19). The summed E-state index contributed by atoms with van der Waals surface area (Å²) >= 11 is 1.72. The Balaban J connectivity index is 1.90. The highest BCUT2D eigenvalue weighted by Gasteiger charge is 2.07. The van der Waals surface area contributed by atoms with Crippen molar-refractivity contribution >= 4 is 22.9 Å². The first-order valence-corrected chi connectivity index (χ1v) is 7.73. The average molecular weight is 288 g/mol. The Hall–Kier alpha value is -1.81. The number of rotatable bonds is 6. The largest absolute Gasteiger partial charge is 0.385 e. The molecule has 0 fully saturated rings. The van der Waals surface area contributed by atoms with Crippen molar-refractivity contribution in [3.05, 3.63) is 51.7 Å². The van der Waals surface area contributed by atoms with Gasteiger partial charge in [-0.25, -0.2) is 0 Å². The van der Waals surface area contributed by atoms with E-state index in [2.05, 4.69) is 29.0 Å². The van der Waals surface area contributed by atoms with Gasteiger partial charge in [0.25, 0.3) is 5.91 Å². The lowest BCUT2D eigenvalue weighted by Gasteiger charge is -2.10. The van der Waals surface area contributed by atoms with E-state index in [-0.39, 0.29) is 5.91 Å². The van der Waals surface area contributed by atoms with Crippen molar-refractivity contribution in [2.75, 3.05) is 18.4 Å². The first kappa shape index (κ1) is 14.6. The van der Waals surface area contributed by atoms with Gasteiger partial charge in [-0.3, -0.25) is 4.79 Å². The number of carbonyl (C=O) groups excluding carboxylic acids is 1. The van der Waals surface area contributed by atoms with Gasteiger partial charge in [0.1, 0.15) is 0 Å². The summed E-state index contributed by atoms with van der Waals surface area (Å²) in [6.45, 7) is 5.63. The van der Waals surface area contributed by atoms with Crippen LogP contribution in [0.2, 0.25) is 0 Å². The topological polar surface area (TPSA) is 41.1 Å². The molecule has 0 bridgehead atoms. The summed E-state index contributed by atoms with van der Waals surface area (Å²) in [7, 11) is 0. The molecule has 0 aliphatic rings. The molecule has 20 heavy (non-hydrogen) atoms. The van der Waals surface area contributed by atoms with Crippen LogP contribution in [-0.2, 0) is 6.42 Å². The van der Waals surface area contributed by atoms with Crippen LogP contribution < -0.4 is 10.6 Å². The van der Waals surface area contributed by atoms with Gasteiger partial charge in [-0.1, -0.05) is 6.07 Å². The predicted octanol–water partition coefficient (Wildman–Crippen LogP) is 3.46. The molecule has 2 rings (SSSR count). The second-order valence-electron chi connectivity index (χ2n) is 4.65. The lowest BCUT2D eigenvalue weighted by Crippen LogP contribution is -2.25. The van der Waals surface area contributed by atoms with E-state index in [1.54, 1.807) is 11.3 Å². The maximum Gasteiger partial charge on any atom is 0.251 e. The molecule has 1 amide bonds. The summed E-state index contributed by atoms with van der Waals surface area (Å²) in [5.41, 5.74) is 2.90. The highest BCUT2D eigenvalue weighted by molar-refractivity contribution is 7.09. The maximum absolute atomic E-state index is 12.1. The molecule has 0 aliphatic heterocycles. The van der Waals surface area contributed by atoms with E-state index in [0.29, 0.717) is 6.54 Å².